The second-order valence-corrected chi connectivity index (χ2v) is 5.18. The van der Waals surface area contributed by atoms with Crippen LogP contribution in [-0.2, 0) is 14.8 Å². The fourth-order valence-electron chi connectivity index (χ4n) is 0.982. The maximum Gasteiger partial charge on any atom is 0.237 e. The third kappa shape index (κ3) is 1.87. The second kappa shape index (κ2) is 2.67. The highest BCUT2D eigenvalue weighted by Gasteiger charge is 2.33. The lowest BCUT2D eigenvalue weighted by atomic mass is 10.4. The minimum absolute atomic E-state index is 0.141. The van der Waals surface area contributed by atoms with Gasteiger partial charge >= 0.3 is 0 Å². The molecule has 0 aromatic heterocycles. The van der Waals surface area contributed by atoms with Crippen LogP contribution in [0.3, 0.4) is 0 Å². The smallest absolute Gasteiger partial charge is 0.237 e. The van der Waals surface area contributed by atoms with E-state index in [0.29, 0.717) is 0 Å². The Morgan fingerprint density at radius 1 is 1.64 bits per heavy atom. The molecule has 64 valence electrons. The van der Waals surface area contributed by atoms with E-state index in [-0.39, 0.29) is 24.1 Å². The molecule has 0 aromatic rings. The first-order chi connectivity index (χ1) is 4.91. The summed E-state index contributed by atoms with van der Waals surface area (Å²) >= 11 is 4.02. The van der Waals surface area contributed by atoms with Gasteiger partial charge in [-0.3, -0.25) is 4.79 Å². The Labute approximate surface area is 71.0 Å². The van der Waals surface area contributed by atoms with Gasteiger partial charge in [0.05, 0.1) is 6.26 Å². The lowest BCUT2D eigenvalue weighted by Crippen LogP contribution is -2.31. The number of rotatable bonds is 1. The van der Waals surface area contributed by atoms with Gasteiger partial charge in [-0.25, -0.2) is 12.7 Å². The molecule has 1 fully saturated rings. The lowest BCUT2D eigenvalue weighted by molar-refractivity contribution is -0.123. The van der Waals surface area contributed by atoms with Crippen molar-refractivity contribution in [2.24, 2.45) is 0 Å². The molecule has 1 amide bonds. The fraction of sp³-hybridized carbons (Fsp3) is 0.800. The summed E-state index contributed by atoms with van der Waals surface area (Å²) in [5.74, 6) is -0.354. The molecule has 1 rings (SSSR count). The van der Waals surface area contributed by atoms with Gasteiger partial charge < -0.3 is 0 Å². The van der Waals surface area contributed by atoms with Crippen LogP contribution in [0, 0.1) is 0 Å². The third-order valence-corrected chi connectivity index (χ3v) is 2.96. The maximum absolute atomic E-state index is 10.9. The molecule has 1 aliphatic heterocycles. The summed E-state index contributed by atoms with van der Waals surface area (Å²) in [5, 5.41) is -0.141. The van der Waals surface area contributed by atoms with Gasteiger partial charge in [0.25, 0.3) is 0 Å². The first-order valence-electron chi connectivity index (χ1n) is 3.10. The van der Waals surface area contributed by atoms with E-state index >= 15 is 0 Å². The van der Waals surface area contributed by atoms with Crippen molar-refractivity contribution < 1.29 is 13.2 Å². The Bertz CT molecular complexity index is 271. The summed E-state index contributed by atoms with van der Waals surface area (Å²) in [4.78, 5) is 10.9. The van der Waals surface area contributed by atoms with Crippen molar-refractivity contribution in [3.05, 3.63) is 0 Å². The molecule has 1 atom stereocenters. The van der Waals surface area contributed by atoms with Gasteiger partial charge in [-0.2, -0.15) is 12.6 Å². The molecular formula is C5H9NO3S2. The topological polar surface area (TPSA) is 54.5 Å². The molecule has 0 aromatic carbocycles. The van der Waals surface area contributed by atoms with Crippen LogP contribution in [0.4, 0.5) is 0 Å². The average molecular weight is 195 g/mol. The molecule has 0 spiro atoms. The number of carbonyl (C=O) groups is 1. The number of thiol groups is 1. The van der Waals surface area contributed by atoms with Gasteiger partial charge in [0.15, 0.2) is 0 Å². The Kier molecular flexibility index (Phi) is 2.15. The second-order valence-electron chi connectivity index (χ2n) is 2.55. The van der Waals surface area contributed by atoms with Crippen molar-refractivity contribution in [3.63, 3.8) is 0 Å². The summed E-state index contributed by atoms with van der Waals surface area (Å²) in [5.41, 5.74) is 0. The van der Waals surface area contributed by atoms with Crippen molar-refractivity contribution in [1.82, 2.24) is 4.31 Å². The third-order valence-electron chi connectivity index (χ3n) is 1.47. The predicted octanol–water partition coefficient (Wildman–Crippen LogP) is -0.523. The summed E-state index contributed by atoms with van der Waals surface area (Å²) in [6, 6.07) is 0. The normalized spacial score (nSPS) is 26.2. The van der Waals surface area contributed by atoms with E-state index in [9.17, 15) is 13.2 Å². The van der Waals surface area contributed by atoms with Gasteiger partial charge in [0.2, 0.25) is 15.9 Å². The molecule has 1 heterocycles. The van der Waals surface area contributed by atoms with Crippen LogP contribution in [-0.4, -0.2) is 36.7 Å². The molecule has 6 heteroatoms. The van der Waals surface area contributed by atoms with Crippen molar-refractivity contribution >= 4 is 28.6 Å². The standard InChI is InChI=1S/C5H9NO3S2/c1-11(8,9)6-3-4(10)2-5(6)7/h4,10H,2-3H2,1H3. The van der Waals surface area contributed by atoms with E-state index in [2.05, 4.69) is 12.6 Å². The van der Waals surface area contributed by atoms with Gasteiger partial charge in [-0.1, -0.05) is 0 Å². The summed E-state index contributed by atoms with van der Waals surface area (Å²) in [6.07, 6.45) is 1.24. The van der Waals surface area contributed by atoms with Crippen molar-refractivity contribution in [2.75, 3.05) is 12.8 Å². The molecule has 1 saturated heterocycles. The summed E-state index contributed by atoms with van der Waals surface area (Å²) < 4.78 is 22.6. The van der Waals surface area contributed by atoms with Crippen LogP contribution in [0.1, 0.15) is 6.42 Å². The molecule has 0 saturated carbocycles. The van der Waals surface area contributed by atoms with Crippen molar-refractivity contribution in [3.8, 4) is 0 Å². The number of carbonyl (C=O) groups excluding carboxylic acids is 1. The lowest BCUT2D eigenvalue weighted by Gasteiger charge is -2.11. The molecule has 0 N–H and O–H groups in total. The van der Waals surface area contributed by atoms with Crippen molar-refractivity contribution in [1.29, 1.82) is 0 Å². The van der Waals surface area contributed by atoms with Crippen LogP contribution in [0.2, 0.25) is 0 Å². The van der Waals surface area contributed by atoms with E-state index in [1.807, 2.05) is 0 Å². The number of nitrogens with zero attached hydrogens (tertiary/aromatic N) is 1. The van der Waals surface area contributed by atoms with Gasteiger partial charge in [0, 0.05) is 18.2 Å². The minimum Gasteiger partial charge on any atom is -0.274 e. The first kappa shape index (κ1) is 8.86. The summed E-state index contributed by atoms with van der Waals surface area (Å²) in [7, 11) is -3.35. The van der Waals surface area contributed by atoms with Crippen LogP contribution >= 0.6 is 12.6 Å². The summed E-state index contributed by atoms with van der Waals surface area (Å²) in [6.45, 7) is 0.209. The Morgan fingerprint density at radius 2 is 2.18 bits per heavy atom. The highest BCUT2D eigenvalue weighted by molar-refractivity contribution is 7.89. The predicted molar refractivity (Wildman–Crippen MR) is 43.9 cm³/mol. The number of sulfonamides is 1. The van der Waals surface area contributed by atoms with Gasteiger partial charge in [-0.05, 0) is 0 Å². The van der Waals surface area contributed by atoms with Crippen LogP contribution < -0.4 is 0 Å². The van der Waals surface area contributed by atoms with E-state index < -0.39 is 10.0 Å². The molecule has 11 heavy (non-hydrogen) atoms. The highest BCUT2D eigenvalue weighted by Crippen LogP contribution is 2.18. The van der Waals surface area contributed by atoms with Crippen LogP contribution in [0.15, 0.2) is 0 Å². The monoisotopic (exact) mass is 195 g/mol. The number of hydrogen-bond donors (Lipinski definition) is 1. The zero-order valence-corrected chi connectivity index (χ0v) is 7.73. The number of hydrogen-bond acceptors (Lipinski definition) is 4. The fourth-order valence-corrected chi connectivity index (χ4v) is 2.31. The van der Waals surface area contributed by atoms with Gasteiger partial charge in [-0.15, -0.1) is 0 Å². The number of amides is 1. The van der Waals surface area contributed by atoms with E-state index in [1.165, 1.54) is 0 Å². The average Bonchev–Trinajstić information content (AvgIpc) is 2.08. The highest BCUT2D eigenvalue weighted by atomic mass is 32.2. The zero-order chi connectivity index (χ0) is 8.65. The molecule has 0 radical (unpaired) electrons. The molecular weight excluding hydrogens is 186 g/mol. The Hall–Kier alpha value is -0.230. The largest absolute Gasteiger partial charge is 0.274 e. The molecule has 0 aliphatic carbocycles. The van der Waals surface area contributed by atoms with Crippen LogP contribution in [0.25, 0.3) is 0 Å². The van der Waals surface area contributed by atoms with Gasteiger partial charge in [0.1, 0.15) is 0 Å². The molecule has 4 nitrogen and oxygen atoms in total. The Balaban J connectivity index is 2.85. The van der Waals surface area contributed by atoms with E-state index in [0.717, 1.165) is 10.6 Å². The maximum atomic E-state index is 10.9. The van der Waals surface area contributed by atoms with Crippen molar-refractivity contribution in [2.45, 2.75) is 11.7 Å². The first-order valence-corrected chi connectivity index (χ1v) is 5.46. The zero-order valence-electron chi connectivity index (χ0n) is 6.02. The molecule has 1 unspecified atom stereocenters. The Morgan fingerprint density at radius 3 is 2.36 bits per heavy atom. The minimum atomic E-state index is -3.35. The van der Waals surface area contributed by atoms with E-state index in [1.54, 1.807) is 0 Å². The quantitative estimate of drug-likeness (QED) is 0.573. The van der Waals surface area contributed by atoms with E-state index in [4.69, 9.17) is 0 Å². The molecule has 0 bridgehead atoms. The molecule has 1 aliphatic rings. The SMILES string of the molecule is CS(=O)(=O)N1CC(S)CC1=O. The van der Waals surface area contributed by atoms with Crippen LogP contribution in [0.5, 0.6) is 0 Å².